The molecule has 0 atom stereocenters. The third-order valence-corrected chi connectivity index (χ3v) is 6.28. The van der Waals surface area contributed by atoms with Crippen LogP contribution in [0.5, 0.6) is 5.75 Å². The van der Waals surface area contributed by atoms with Crippen molar-refractivity contribution in [2.45, 2.75) is 51.9 Å². The topological polar surface area (TPSA) is 84.5 Å². The molecule has 7 heteroatoms. The lowest BCUT2D eigenvalue weighted by molar-refractivity contribution is -0.123. The van der Waals surface area contributed by atoms with E-state index in [9.17, 15) is 13.2 Å². The summed E-state index contributed by atoms with van der Waals surface area (Å²) >= 11 is 0. The van der Waals surface area contributed by atoms with Crippen molar-refractivity contribution in [3.8, 4) is 5.75 Å². The molecule has 0 heterocycles. The van der Waals surface area contributed by atoms with E-state index in [0.29, 0.717) is 11.3 Å². The molecule has 2 aromatic rings. The third kappa shape index (κ3) is 6.57. The summed E-state index contributed by atoms with van der Waals surface area (Å²) in [5, 5.41) is 2.68. The number of rotatable bonds is 8. The van der Waals surface area contributed by atoms with Crippen molar-refractivity contribution >= 4 is 15.9 Å². The lowest BCUT2D eigenvalue weighted by Gasteiger charge is -2.23. The van der Waals surface area contributed by atoms with E-state index in [0.717, 1.165) is 16.7 Å². The van der Waals surface area contributed by atoms with Crippen LogP contribution in [-0.2, 0) is 20.2 Å². The van der Waals surface area contributed by atoms with Gasteiger partial charge in [0.05, 0.1) is 4.90 Å². The summed E-state index contributed by atoms with van der Waals surface area (Å²) in [7, 11) is -3.62. The summed E-state index contributed by atoms with van der Waals surface area (Å²) in [6.45, 7) is 12.1. The second kappa shape index (κ2) is 9.62. The van der Waals surface area contributed by atoms with Gasteiger partial charge in [-0.3, -0.25) is 4.79 Å². The molecule has 0 aliphatic carbocycles. The molecule has 0 radical (unpaired) electrons. The van der Waals surface area contributed by atoms with E-state index < -0.39 is 10.0 Å². The van der Waals surface area contributed by atoms with Crippen LogP contribution in [-0.4, -0.2) is 34.0 Å². The molecule has 0 aliphatic heterocycles. The number of amides is 1. The number of sulfonamides is 1. The highest BCUT2D eigenvalue weighted by Crippen LogP contribution is 2.32. The van der Waals surface area contributed by atoms with Crippen LogP contribution >= 0.6 is 0 Å². The monoisotopic (exact) mass is 432 g/mol. The second-order valence-electron chi connectivity index (χ2n) is 8.55. The zero-order valence-electron chi connectivity index (χ0n) is 18.6. The molecule has 0 saturated carbocycles. The van der Waals surface area contributed by atoms with E-state index >= 15 is 0 Å². The van der Waals surface area contributed by atoms with Crippen molar-refractivity contribution in [1.29, 1.82) is 0 Å². The predicted octanol–water partition coefficient (Wildman–Crippen LogP) is 3.38. The first-order valence-corrected chi connectivity index (χ1v) is 11.5. The van der Waals surface area contributed by atoms with E-state index in [1.165, 1.54) is 0 Å². The molecule has 2 N–H and O–H groups in total. The summed E-state index contributed by atoms with van der Waals surface area (Å²) in [5.74, 6) is 0.375. The fourth-order valence-electron chi connectivity index (χ4n) is 3.12. The molecule has 30 heavy (non-hydrogen) atoms. The molecular weight excluding hydrogens is 400 g/mol. The third-order valence-electron chi connectivity index (χ3n) is 4.66. The lowest BCUT2D eigenvalue weighted by atomic mass is 9.85. The first-order valence-electron chi connectivity index (χ1n) is 9.98. The van der Waals surface area contributed by atoms with Crippen LogP contribution in [0.3, 0.4) is 0 Å². The van der Waals surface area contributed by atoms with Gasteiger partial charge in [0.25, 0.3) is 5.91 Å². The largest absolute Gasteiger partial charge is 0.483 e. The van der Waals surface area contributed by atoms with Crippen LogP contribution in [0.1, 0.15) is 43.0 Å². The van der Waals surface area contributed by atoms with Gasteiger partial charge in [0.2, 0.25) is 10.0 Å². The van der Waals surface area contributed by atoms with Gasteiger partial charge in [0.15, 0.2) is 6.61 Å². The number of benzene rings is 2. The molecule has 0 unspecified atom stereocenters. The quantitative estimate of drug-likeness (QED) is 0.627. The van der Waals surface area contributed by atoms with E-state index in [1.54, 1.807) is 19.1 Å². The Balaban J connectivity index is 1.85. The molecule has 2 rings (SSSR count). The Labute approximate surface area is 180 Å². The van der Waals surface area contributed by atoms with Crippen molar-refractivity contribution in [3.05, 3.63) is 58.7 Å². The molecule has 0 saturated heterocycles. The molecule has 0 spiro atoms. The highest BCUT2D eigenvalue weighted by Gasteiger charge is 2.20. The van der Waals surface area contributed by atoms with Crippen LogP contribution in [0, 0.1) is 20.8 Å². The number of aryl methyl sites for hydroxylation is 3. The average Bonchev–Trinajstić information content (AvgIpc) is 2.63. The molecule has 6 nitrogen and oxygen atoms in total. The molecule has 1 amide bonds. The average molecular weight is 433 g/mol. The zero-order chi connectivity index (χ0) is 22.5. The maximum atomic E-state index is 12.4. The standard InChI is InChI=1S/C23H32N2O4S/c1-16-8-10-21(18(3)13-16)30(27,28)25-12-11-24-22(26)15-29-20-9-7-17(2)14-19(20)23(4,5)6/h7-10,13-14,25H,11-12,15H2,1-6H3,(H,24,26). The maximum Gasteiger partial charge on any atom is 0.257 e. The van der Waals surface area contributed by atoms with Crippen LogP contribution in [0.15, 0.2) is 41.3 Å². The number of ether oxygens (including phenoxy) is 1. The number of nitrogens with one attached hydrogen (secondary N) is 2. The van der Waals surface area contributed by atoms with Crippen molar-refractivity contribution in [2.24, 2.45) is 0 Å². The van der Waals surface area contributed by atoms with Gasteiger partial charge >= 0.3 is 0 Å². The highest BCUT2D eigenvalue weighted by atomic mass is 32.2. The Hall–Kier alpha value is -2.38. The minimum atomic E-state index is -3.62. The maximum absolute atomic E-state index is 12.4. The Morgan fingerprint density at radius 2 is 1.60 bits per heavy atom. The van der Waals surface area contributed by atoms with E-state index in [1.807, 2.05) is 32.0 Å². The summed E-state index contributed by atoms with van der Waals surface area (Å²) < 4.78 is 33.1. The van der Waals surface area contributed by atoms with Crippen molar-refractivity contribution in [3.63, 3.8) is 0 Å². The summed E-state index contributed by atoms with van der Waals surface area (Å²) in [5.41, 5.74) is 3.75. The Kier molecular flexibility index (Phi) is 7.66. The van der Waals surface area contributed by atoms with Gasteiger partial charge in [0, 0.05) is 13.1 Å². The van der Waals surface area contributed by atoms with Crippen molar-refractivity contribution in [2.75, 3.05) is 19.7 Å². The summed E-state index contributed by atoms with van der Waals surface area (Å²) in [4.78, 5) is 12.4. The Morgan fingerprint density at radius 3 is 2.23 bits per heavy atom. The summed E-state index contributed by atoms with van der Waals surface area (Å²) in [6.07, 6.45) is 0. The number of hydrogen-bond donors (Lipinski definition) is 2. The van der Waals surface area contributed by atoms with Gasteiger partial charge in [-0.05, 0) is 49.4 Å². The lowest BCUT2D eigenvalue weighted by Crippen LogP contribution is -2.37. The van der Waals surface area contributed by atoms with Gasteiger partial charge in [-0.25, -0.2) is 13.1 Å². The SMILES string of the molecule is Cc1ccc(S(=O)(=O)NCCNC(=O)COc2ccc(C)cc2C(C)(C)C)c(C)c1. The van der Waals surface area contributed by atoms with Gasteiger partial charge in [0.1, 0.15) is 5.75 Å². The van der Waals surface area contributed by atoms with Gasteiger partial charge in [-0.2, -0.15) is 0 Å². The number of carbonyl (C=O) groups excluding carboxylic acids is 1. The second-order valence-corrected chi connectivity index (χ2v) is 10.3. The normalized spacial score (nSPS) is 11.9. The van der Waals surface area contributed by atoms with Crippen molar-refractivity contribution in [1.82, 2.24) is 10.0 Å². The summed E-state index contributed by atoms with van der Waals surface area (Å²) in [6, 6.07) is 11.1. The fraction of sp³-hybridized carbons (Fsp3) is 0.435. The minimum absolute atomic E-state index is 0.0964. The van der Waals surface area contributed by atoms with Gasteiger partial charge in [-0.15, -0.1) is 0 Å². The zero-order valence-corrected chi connectivity index (χ0v) is 19.4. The van der Waals surface area contributed by atoms with E-state index in [2.05, 4.69) is 36.9 Å². The smallest absolute Gasteiger partial charge is 0.257 e. The van der Waals surface area contributed by atoms with Crippen LogP contribution in [0.4, 0.5) is 0 Å². The van der Waals surface area contributed by atoms with Gasteiger partial charge in [-0.1, -0.05) is 56.2 Å². The first-order chi connectivity index (χ1) is 13.9. The van der Waals surface area contributed by atoms with E-state index in [4.69, 9.17) is 4.74 Å². The fourth-order valence-corrected chi connectivity index (χ4v) is 4.37. The predicted molar refractivity (Wildman–Crippen MR) is 119 cm³/mol. The molecule has 0 bridgehead atoms. The highest BCUT2D eigenvalue weighted by molar-refractivity contribution is 7.89. The molecule has 0 aromatic heterocycles. The Bertz CT molecular complexity index is 1010. The molecule has 2 aromatic carbocycles. The molecule has 0 aliphatic rings. The van der Waals surface area contributed by atoms with E-state index in [-0.39, 0.29) is 35.9 Å². The Morgan fingerprint density at radius 1 is 0.967 bits per heavy atom. The first kappa shape index (κ1) is 23.9. The van der Waals surface area contributed by atoms with Crippen LogP contribution < -0.4 is 14.8 Å². The van der Waals surface area contributed by atoms with Crippen molar-refractivity contribution < 1.29 is 17.9 Å². The van der Waals surface area contributed by atoms with Crippen LogP contribution in [0.2, 0.25) is 0 Å². The number of hydrogen-bond acceptors (Lipinski definition) is 4. The molecule has 0 fully saturated rings. The minimum Gasteiger partial charge on any atom is -0.483 e. The van der Waals surface area contributed by atoms with Gasteiger partial charge < -0.3 is 10.1 Å². The number of carbonyl (C=O) groups is 1. The molecular formula is C23H32N2O4S. The van der Waals surface area contributed by atoms with Crippen LogP contribution in [0.25, 0.3) is 0 Å². The molecule has 164 valence electrons.